The van der Waals surface area contributed by atoms with Crippen molar-refractivity contribution >= 4 is 5.91 Å². The minimum absolute atomic E-state index is 0.0172. The minimum Gasteiger partial charge on any atom is -0.340 e. The van der Waals surface area contributed by atoms with E-state index < -0.39 is 0 Å². The van der Waals surface area contributed by atoms with Gasteiger partial charge in [-0.1, -0.05) is 34.6 Å². The lowest BCUT2D eigenvalue weighted by molar-refractivity contribution is -0.133. The molecule has 4 heteroatoms. The second-order valence-corrected chi connectivity index (χ2v) is 8.13. The maximum atomic E-state index is 12.3. The highest BCUT2D eigenvalue weighted by Crippen LogP contribution is 2.21. The van der Waals surface area contributed by atoms with Gasteiger partial charge in [0.1, 0.15) is 0 Å². The van der Waals surface area contributed by atoms with Gasteiger partial charge >= 0.3 is 0 Å². The van der Waals surface area contributed by atoms with E-state index >= 15 is 0 Å². The molecule has 0 bridgehead atoms. The first-order valence-electron chi connectivity index (χ1n) is 8.43. The maximum Gasteiger partial charge on any atom is 0.224 e. The number of nitrogens with two attached hydrogens (primary N) is 1. The van der Waals surface area contributed by atoms with E-state index in [0.717, 1.165) is 45.1 Å². The highest BCUT2D eigenvalue weighted by atomic mass is 16.2. The molecule has 0 saturated carbocycles. The Bertz CT molecular complexity index is 314. The zero-order valence-corrected chi connectivity index (χ0v) is 14.7. The van der Waals surface area contributed by atoms with Crippen LogP contribution in [0.25, 0.3) is 0 Å². The van der Waals surface area contributed by atoms with Gasteiger partial charge in [0.15, 0.2) is 0 Å². The summed E-state index contributed by atoms with van der Waals surface area (Å²) in [5.74, 6) is 0.982. The van der Waals surface area contributed by atoms with Crippen molar-refractivity contribution in [3.05, 3.63) is 0 Å². The summed E-state index contributed by atoms with van der Waals surface area (Å²) >= 11 is 0. The second kappa shape index (κ2) is 8.14. The van der Waals surface area contributed by atoms with Gasteiger partial charge in [0.25, 0.3) is 0 Å². The van der Waals surface area contributed by atoms with E-state index in [-0.39, 0.29) is 17.4 Å². The molecule has 124 valence electrons. The lowest BCUT2D eigenvalue weighted by atomic mass is 9.87. The maximum absolute atomic E-state index is 12.3. The van der Waals surface area contributed by atoms with Gasteiger partial charge < -0.3 is 10.6 Å². The molecule has 1 amide bonds. The molecule has 1 aliphatic rings. The summed E-state index contributed by atoms with van der Waals surface area (Å²) in [6.45, 7) is 15.9. The fraction of sp³-hybridized carbons (Fsp3) is 0.941. The first-order chi connectivity index (χ1) is 9.67. The van der Waals surface area contributed by atoms with Crippen molar-refractivity contribution in [3.63, 3.8) is 0 Å². The largest absolute Gasteiger partial charge is 0.340 e. The van der Waals surface area contributed by atoms with Crippen LogP contribution in [0.4, 0.5) is 0 Å². The summed E-state index contributed by atoms with van der Waals surface area (Å²) in [4.78, 5) is 16.8. The molecule has 0 aromatic carbocycles. The van der Waals surface area contributed by atoms with Gasteiger partial charge in [-0.25, -0.2) is 0 Å². The molecule has 21 heavy (non-hydrogen) atoms. The highest BCUT2D eigenvalue weighted by Gasteiger charge is 2.24. The van der Waals surface area contributed by atoms with Gasteiger partial charge in [0, 0.05) is 38.6 Å². The van der Waals surface area contributed by atoms with E-state index in [0.29, 0.717) is 6.42 Å². The molecular formula is C17H35N3O. The Kier molecular flexibility index (Phi) is 7.14. The van der Waals surface area contributed by atoms with E-state index in [1.165, 1.54) is 6.42 Å². The third kappa shape index (κ3) is 7.82. The summed E-state index contributed by atoms with van der Waals surface area (Å²) < 4.78 is 0. The standard InChI is InChI=1S/C17H35N3O/c1-14(2)6-7-19-8-10-20(11-9-19)16(21)12-15(18)13-17(3,4)5/h14-15H,6-13,18H2,1-5H3. The Hall–Kier alpha value is -0.610. The van der Waals surface area contributed by atoms with E-state index in [1.54, 1.807) is 0 Å². The molecule has 1 saturated heterocycles. The van der Waals surface area contributed by atoms with Crippen LogP contribution in [0, 0.1) is 11.3 Å². The summed E-state index contributed by atoms with van der Waals surface area (Å²) in [5.41, 5.74) is 6.31. The van der Waals surface area contributed by atoms with Gasteiger partial charge in [-0.05, 0) is 30.7 Å². The molecule has 2 N–H and O–H groups in total. The van der Waals surface area contributed by atoms with Gasteiger partial charge in [0.2, 0.25) is 5.91 Å². The van der Waals surface area contributed by atoms with E-state index in [1.807, 2.05) is 4.90 Å². The van der Waals surface area contributed by atoms with Crippen molar-refractivity contribution in [1.29, 1.82) is 0 Å². The fourth-order valence-electron chi connectivity index (χ4n) is 2.87. The molecule has 1 unspecified atom stereocenters. The zero-order chi connectivity index (χ0) is 16.0. The fourth-order valence-corrected chi connectivity index (χ4v) is 2.87. The molecule has 1 fully saturated rings. The lowest BCUT2D eigenvalue weighted by Gasteiger charge is -2.35. The van der Waals surface area contributed by atoms with Gasteiger partial charge in [-0.3, -0.25) is 9.69 Å². The number of piperazine rings is 1. The van der Waals surface area contributed by atoms with Crippen LogP contribution in [-0.4, -0.2) is 54.5 Å². The average Bonchev–Trinajstić information content (AvgIpc) is 2.34. The van der Waals surface area contributed by atoms with Crippen LogP contribution in [0.15, 0.2) is 0 Å². The number of hydrogen-bond acceptors (Lipinski definition) is 3. The van der Waals surface area contributed by atoms with Crippen LogP contribution >= 0.6 is 0 Å². The number of carbonyl (C=O) groups excluding carboxylic acids is 1. The molecule has 0 radical (unpaired) electrons. The lowest BCUT2D eigenvalue weighted by Crippen LogP contribution is -2.50. The Morgan fingerprint density at radius 3 is 2.19 bits per heavy atom. The molecule has 1 aliphatic heterocycles. The summed E-state index contributed by atoms with van der Waals surface area (Å²) in [6.07, 6.45) is 2.63. The highest BCUT2D eigenvalue weighted by molar-refractivity contribution is 5.76. The van der Waals surface area contributed by atoms with Crippen LogP contribution in [0.5, 0.6) is 0 Å². The van der Waals surface area contributed by atoms with Crippen LogP contribution in [0.3, 0.4) is 0 Å². The third-order valence-electron chi connectivity index (χ3n) is 4.06. The Labute approximate surface area is 131 Å². The van der Waals surface area contributed by atoms with Crippen molar-refractivity contribution in [1.82, 2.24) is 9.80 Å². The van der Waals surface area contributed by atoms with Crippen LogP contribution in [-0.2, 0) is 4.79 Å². The SMILES string of the molecule is CC(C)CCN1CCN(C(=O)CC(N)CC(C)(C)C)CC1. The number of rotatable bonds is 6. The van der Waals surface area contributed by atoms with Crippen LogP contribution in [0.2, 0.25) is 0 Å². The Balaban J connectivity index is 2.28. The predicted octanol–water partition coefficient (Wildman–Crippen LogP) is 2.33. The van der Waals surface area contributed by atoms with Crippen molar-refractivity contribution in [3.8, 4) is 0 Å². The van der Waals surface area contributed by atoms with Gasteiger partial charge in [-0.2, -0.15) is 0 Å². The minimum atomic E-state index is -0.0172. The number of carbonyl (C=O) groups is 1. The van der Waals surface area contributed by atoms with Crippen molar-refractivity contribution in [2.24, 2.45) is 17.1 Å². The molecule has 4 nitrogen and oxygen atoms in total. The Morgan fingerprint density at radius 2 is 1.71 bits per heavy atom. The summed E-state index contributed by atoms with van der Waals surface area (Å²) in [6, 6.07) is -0.0172. The molecule has 1 rings (SSSR count). The molecule has 0 aliphatic carbocycles. The van der Waals surface area contributed by atoms with E-state index in [4.69, 9.17) is 5.73 Å². The number of hydrogen-bond donors (Lipinski definition) is 1. The van der Waals surface area contributed by atoms with Gasteiger partial charge in [0.05, 0.1) is 0 Å². The van der Waals surface area contributed by atoms with Crippen molar-refractivity contribution in [2.45, 2.75) is 59.9 Å². The number of amides is 1. The molecule has 1 heterocycles. The average molecular weight is 297 g/mol. The normalized spacial score (nSPS) is 19.1. The smallest absolute Gasteiger partial charge is 0.224 e. The van der Waals surface area contributed by atoms with Crippen molar-refractivity contribution < 1.29 is 4.79 Å². The predicted molar refractivity (Wildman–Crippen MR) is 89.1 cm³/mol. The van der Waals surface area contributed by atoms with Crippen LogP contribution < -0.4 is 5.73 Å². The molecular weight excluding hydrogens is 262 g/mol. The Morgan fingerprint density at radius 1 is 1.14 bits per heavy atom. The first-order valence-corrected chi connectivity index (χ1v) is 8.43. The third-order valence-corrected chi connectivity index (χ3v) is 4.06. The quantitative estimate of drug-likeness (QED) is 0.818. The number of nitrogens with zero attached hydrogens (tertiary/aromatic N) is 2. The zero-order valence-electron chi connectivity index (χ0n) is 14.7. The summed E-state index contributed by atoms with van der Waals surface area (Å²) in [7, 11) is 0. The van der Waals surface area contributed by atoms with Crippen molar-refractivity contribution in [2.75, 3.05) is 32.7 Å². The topological polar surface area (TPSA) is 49.6 Å². The first kappa shape index (κ1) is 18.4. The van der Waals surface area contributed by atoms with Gasteiger partial charge in [-0.15, -0.1) is 0 Å². The molecule has 1 atom stereocenters. The van der Waals surface area contributed by atoms with E-state index in [2.05, 4.69) is 39.5 Å². The summed E-state index contributed by atoms with van der Waals surface area (Å²) in [5, 5.41) is 0. The second-order valence-electron chi connectivity index (χ2n) is 8.13. The monoisotopic (exact) mass is 297 g/mol. The molecule has 0 spiro atoms. The van der Waals surface area contributed by atoms with E-state index in [9.17, 15) is 4.79 Å². The molecule has 0 aromatic heterocycles. The molecule has 0 aromatic rings. The van der Waals surface area contributed by atoms with Crippen LogP contribution in [0.1, 0.15) is 53.9 Å².